The Morgan fingerprint density at radius 2 is 1.88 bits per heavy atom. The second-order valence-electron chi connectivity index (χ2n) is 5.71. The van der Waals surface area contributed by atoms with Crippen molar-refractivity contribution >= 4 is 22.0 Å². The van der Waals surface area contributed by atoms with Gasteiger partial charge in [0.1, 0.15) is 0 Å². The Labute approximate surface area is 153 Å². The van der Waals surface area contributed by atoms with Crippen molar-refractivity contribution in [1.82, 2.24) is 10.5 Å². The summed E-state index contributed by atoms with van der Waals surface area (Å²) in [5.74, 6) is 0.583. The second-order valence-corrected chi connectivity index (χ2v) is 6.63. The second kappa shape index (κ2) is 7.53. The summed E-state index contributed by atoms with van der Waals surface area (Å²) in [7, 11) is 0. The summed E-state index contributed by atoms with van der Waals surface area (Å²) < 4.78 is 6.48. The first-order valence-electron chi connectivity index (χ1n) is 7.80. The van der Waals surface area contributed by atoms with Crippen LogP contribution in [0.25, 0.3) is 11.3 Å². The molecule has 6 heteroatoms. The van der Waals surface area contributed by atoms with E-state index < -0.39 is 12.1 Å². The summed E-state index contributed by atoms with van der Waals surface area (Å²) in [6, 6.07) is 16.9. The molecule has 0 aliphatic heterocycles. The maximum absolute atomic E-state index is 11.3. The topological polar surface area (TPSA) is 75.4 Å². The largest absolute Gasteiger partial charge is 0.465 e. The third-order valence-electron chi connectivity index (χ3n) is 3.94. The Morgan fingerprint density at radius 1 is 1.20 bits per heavy atom. The van der Waals surface area contributed by atoms with Gasteiger partial charge in [-0.1, -0.05) is 63.6 Å². The SMILES string of the molecule is Cc1noc(-c2ccc(Br)cc2)c1[C@H](Cc1ccccc1)NC(=O)O. The van der Waals surface area contributed by atoms with Crippen LogP contribution in [0.15, 0.2) is 63.6 Å². The number of aromatic nitrogens is 1. The molecular weight excluding hydrogens is 384 g/mol. The lowest BCUT2D eigenvalue weighted by Gasteiger charge is -2.18. The molecule has 1 heterocycles. The minimum Gasteiger partial charge on any atom is -0.465 e. The van der Waals surface area contributed by atoms with Gasteiger partial charge < -0.3 is 14.9 Å². The molecule has 0 aliphatic rings. The van der Waals surface area contributed by atoms with Gasteiger partial charge in [0.2, 0.25) is 0 Å². The molecule has 0 aliphatic carbocycles. The van der Waals surface area contributed by atoms with E-state index in [4.69, 9.17) is 4.52 Å². The highest BCUT2D eigenvalue weighted by molar-refractivity contribution is 9.10. The van der Waals surface area contributed by atoms with Crippen LogP contribution >= 0.6 is 15.9 Å². The van der Waals surface area contributed by atoms with Crippen molar-refractivity contribution in [2.75, 3.05) is 0 Å². The highest BCUT2D eigenvalue weighted by atomic mass is 79.9. The molecule has 1 aromatic heterocycles. The fourth-order valence-corrected chi connectivity index (χ4v) is 3.09. The minimum atomic E-state index is -1.08. The predicted molar refractivity (Wildman–Crippen MR) is 98.4 cm³/mol. The van der Waals surface area contributed by atoms with Crippen molar-refractivity contribution in [3.05, 3.63) is 75.9 Å². The third kappa shape index (κ3) is 4.09. The zero-order chi connectivity index (χ0) is 17.8. The molecule has 0 spiro atoms. The molecule has 3 aromatic rings. The number of carboxylic acid groups (broad SMARTS) is 1. The van der Waals surface area contributed by atoms with Crippen molar-refractivity contribution < 1.29 is 14.4 Å². The molecule has 0 bridgehead atoms. The Morgan fingerprint density at radius 3 is 2.52 bits per heavy atom. The van der Waals surface area contributed by atoms with Gasteiger partial charge >= 0.3 is 6.09 Å². The van der Waals surface area contributed by atoms with E-state index in [0.717, 1.165) is 21.2 Å². The quantitative estimate of drug-likeness (QED) is 0.634. The molecule has 128 valence electrons. The molecule has 2 N–H and O–H groups in total. The van der Waals surface area contributed by atoms with Crippen molar-refractivity contribution in [2.24, 2.45) is 0 Å². The van der Waals surface area contributed by atoms with E-state index in [1.54, 1.807) is 0 Å². The summed E-state index contributed by atoms with van der Waals surface area (Å²) in [5, 5.41) is 15.9. The van der Waals surface area contributed by atoms with Crippen LogP contribution in [-0.2, 0) is 6.42 Å². The van der Waals surface area contributed by atoms with Gasteiger partial charge in [0.15, 0.2) is 5.76 Å². The number of benzene rings is 2. The maximum Gasteiger partial charge on any atom is 0.405 e. The minimum absolute atomic E-state index is 0.454. The summed E-state index contributed by atoms with van der Waals surface area (Å²) in [5.41, 5.74) is 3.31. The van der Waals surface area contributed by atoms with Crippen LogP contribution in [-0.4, -0.2) is 16.4 Å². The van der Waals surface area contributed by atoms with Crippen LogP contribution in [0.3, 0.4) is 0 Å². The number of rotatable bonds is 5. The number of nitrogens with zero attached hydrogens (tertiary/aromatic N) is 1. The first-order chi connectivity index (χ1) is 12.0. The average molecular weight is 401 g/mol. The summed E-state index contributed by atoms with van der Waals surface area (Å²) in [6.45, 7) is 1.82. The van der Waals surface area contributed by atoms with E-state index in [0.29, 0.717) is 17.9 Å². The lowest BCUT2D eigenvalue weighted by Crippen LogP contribution is -2.29. The molecule has 25 heavy (non-hydrogen) atoms. The number of halogens is 1. The van der Waals surface area contributed by atoms with Gasteiger partial charge in [-0.3, -0.25) is 0 Å². The highest BCUT2D eigenvalue weighted by Crippen LogP contribution is 2.33. The zero-order valence-electron chi connectivity index (χ0n) is 13.6. The number of amides is 1. The molecule has 0 fully saturated rings. The Kier molecular flexibility index (Phi) is 5.19. The molecular formula is C19H17BrN2O3. The Balaban J connectivity index is 2.02. The van der Waals surface area contributed by atoms with Gasteiger partial charge in [0, 0.05) is 15.6 Å². The number of hydrogen-bond acceptors (Lipinski definition) is 3. The molecule has 3 rings (SSSR count). The van der Waals surface area contributed by atoms with E-state index in [9.17, 15) is 9.90 Å². The van der Waals surface area contributed by atoms with Crippen molar-refractivity contribution in [1.29, 1.82) is 0 Å². The first kappa shape index (κ1) is 17.2. The Hall–Kier alpha value is -2.60. The number of nitrogens with one attached hydrogen (secondary N) is 1. The lowest BCUT2D eigenvalue weighted by molar-refractivity contribution is 0.190. The van der Waals surface area contributed by atoms with E-state index in [1.165, 1.54) is 0 Å². The van der Waals surface area contributed by atoms with E-state index in [-0.39, 0.29) is 0 Å². The van der Waals surface area contributed by atoms with Crippen LogP contribution in [0.1, 0.15) is 22.9 Å². The molecule has 0 saturated heterocycles. The van der Waals surface area contributed by atoms with Gasteiger partial charge in [-0.2, -0.15) is 0 Å². The lowest BCUT2D eigenvalue weighted by atomic mass is 9.95. The van der Waals surface area contributed by atoms with Gasteiger partial charge in [0.05, 0.1) is 11.7 Å². The first-order valence-corrected chi connectivity index (χ1v) is 8.59. The normalized spacial score (nSPS) is 11.9. The van der Waals surface area contributed by atoms with Crippen LogP contribution < -0.4 is 5.32 Å². The predicted octanol–water partition coefficient (Wildman–Crippen LogP) is 4.96. The van der Waals surface area contributed by atoms with Gasteiger partial charge in [0.25, 0.3) is 0 Å². The number of aryl methyl sites for hydroxylation is 1. The van der Waals surface area contributed by atoms with E-state index in [1.807, 2.05) is 61.5 Å². The van der Waals surface area contributed by atoms with Crippen LogP contribution in [0, 0.1) is 6.92 Å². The fraction of sp³-hybridized carbons (Fsp3) is 0.158. The Bertz CT molecular complexity index is 860. The number of carbonyl (C=O) groups is 1. The molecule has 5 nitrogen and oxygen atoms in total. The van der Waals surface area contributed by atoms with Gasteiger partial charge in [-0.15, -0.1) is 0 Å². The molecule has 2 aromatic carbocycles. The summed E-state index contributed by atoms with van der Waals surface area (Å²) in [6.07, 6.45) is -0.568. The monoisotopic (exact) mass is 400 g/mol. The van der Waals surface area contributed by atoms with Crippen LogP contribution in [0.4, 0.5) is 4.79 Å². The molecule has 0 unspecified atom stereocenters. The third-order valence-corrected chi connectivity index (χ3v) is 4.47. The molecule has 1 amide bonds. The fourth-order valence-electron chi connectivity index (χ4n) is 2.82. The highest BCUT2D eigenvalue weighted by Gasteiger charge is 2.25. The van der Waals surface area contributed by atoms with Crippen LogP contribution in [0.2, 0.25) is 0 Å². The van der Waals surface area contributed by atoms with Crippen molar-refractivity contribution in [3.8, 4) is 11.3 Å². The van der Waals surface area contributed by atoms with Gasteiger partial charge in [-0.25, -0.2) is 4.79 Å². The molecule has 0 saturated carbocycles. The average Bonchev–Trinajstić information content (AvgIpc) is 2.97. The summed E-state index contributed by atoms with van der Waals surface area (Å²) in [4.78, 5) is 11.3. The smallest absolute Gasteiger partial charge is 0.405 e. The zero-order valence-corrected chi connectivity index (χ0v) is 15.2. The van der Waals surface area contributed by atoms with Crippen molar-refractivity contribution in [2.45, 2.75) is 19.4 Å². The maximum atomic E-state index is 11.3. The van der Waals surface area contributed by atoms with E-state index >= 15 is 0 Å². The summed E-state index contributed by atoms with van der Waals surface area (Å²) >= 11 is 3.41. The standard InChI is InChI=1S/C19H17BrN2O3/c1-12-17(18(25-22-12)14-7-9-15(20)10-8-14)16(21-19(23)24)11-13-5-3-2-4-6-13/h2-10,16,21H,11H2,1H3,(H,23,24)/t16-/m0/s1. The molecule has 0 radical (unpaired) electrons. The van der Waals surface area contributed by atoms with Crippen LogP contribution in [0.5, 0.6) is 0 Å². The molecule has 1 atom stereocenters. The number of hydrogen-bond donors (Lipinski definition) is 2. The van der Waals surface area contributed by atoms with Crippen molar-refractivity contribution in [3.63, 3.8) is 0 Å². The van der Waals surface area contributed by atoms with E-state index in [2.05, 4.69) is 26.4 Å². The van der Waals surface area contributed by atoms with Gasteiger partial charge in [-0.05, 0) is 31.0 Å².